The monoisotopic (exact) mass is 460 g/mol. The summed E-state index contributed by atoms with van der Waals surface area (Å²) >= 11 is 6.08. The number of rotatable bonds is 4. The number of para-hydroxylation sites is 2. The highest BCUT2D eigenvalue weighted by atomic mass is 35.5. The molecule has 1 heterocycles. The predicted octanol–water partition coefficient (Wildman–Crippen LogP) is 6.34. The van der Waals surface area contributed by atoms with Gasteiger partial charge in [0, 0.05) is 22.7 Å². The van der Waals surface area contributed by atoms with E-state index in [1.54, 1.807) is 14.2 Å². The van der Waals surface area contributed by atoms with Gasteiger partial charge in [0.05, 0.1) is 31.6 Å². The maximum atomic E-state index is 13.6. The molecule has 0 unspecified atom stereocenters. The number of fused-ring (bicyclic) bond motifs is 1. The Morgan fingerprint density at radius 3 is 2.27 bits per heavy atom. The van der Waals surface area contributed by atoms with Crippen molar-refractivity contribution in [3.05, 3.63) is 94.1 Å². The maximum Gasteiger partial charge on any atom is 0.163 e. The number of methoxy groups -OCH3 is 2. The number of carbonyl (C=O) groups excluding carboxylic acids is 1. The average Bonchev–Trinajstić information content (AvgIpc) is 3.01. The number of anilines is 2. The number of halogens is 1. The molecular weight excluding hydrogens is 436 g/mol. The summed E-state index contributed by atoms with van der Waals surface area (Å²) in [4.78, 5) is 13.6. The van der Waals surface area contributed by atoms with E-state index in [0.717, 1.165) is 40.2 Å². The Labute approximate surface area is 198 Å². The molecule has 2 aliphatic rings. The number of carbonyl (C=O) groups is 1. The zero-order chi connectivity index (χ0) is 22.9. The summed E-state index contributed by atoms with van der Waals surface area (Å²) in [5.74, 6) is 1.51. The Balaban J connectivity index is 1.61. The predicted molar refractivity (Wildman–Crippen MR) is 131 cm³/mol. The molecule has 33 heavy (non-hydrogen) atoms. The minimum atomic E-state index is -0.311. The third-order valence-electron chi connectivity index (χ3n) is 6.39. The first-order valence-electron chi connectivity index (χ1n) is 10.9. The van der Waals surface area contributed by atoms with Crippen molar-refractivity contribution in [2.45, 2.75) is 24.8 Å². The van der Waals surface area contributed by atoms with E-state index in [4.69, 9.17) is 21.1 Å². The second-order valence-electron chi connectivity index (χ2n) is 8.33. The molecule has 0 saturated heterocycles. The number of hydrogen-bond donors (Lipinski definition) is 2. The van der Waals surface area contributed by atoms with Gasteiger partial charge in [0.15, 0.2) is 17.3 Å². The van der Waals surface area contributed by atoms with E-state index in [1.807, 2.05) is 66.7 Å². The molecular formula is C27H25ClN2O3. The van der Waals surface area contributed by atoms with Gasteiger partial charge in [-0.15, -0.1) is 0 Å². The lowest BCUT2D eigenvalue weighted by atomic mass is 9.78. The molecule has 3 aromatic rings. The molecule has 2 N–H and O–H groups in total. The quantitative estimate of drug-likeness (QED) is 0.476. The van der Waals surface area contributed by atoms with Crippen molar-refractivity contribution < 1.29 is 14.3 Å². The number of allylic oxidation sites excluding steroid dienone is 1. The topological polar surface area (TPSA) is 59.6 Å². The Kier molecular flexibility index (Phi) is 5.73. The average molecular weight is 461 g/mol. The van der Waals surface area contributed by atoms with Crippen LogP contribution in [0.4, 0.5) is 11.4 Å². The lowest BCUT2D eigenvalue weighted by Gasteiger charge is -2.30. The van der Waals surface area contributed by atoms with Crippen LogP contribution < -0.4 is 20.1 Å². The Morgan fingerprint density at radius 2 is 1.55 bits per heavy atom. The molecule has 1 aliphatic heterocycles. The zero-order valence-corrected chi connectivity index (χ0v) is 19.3. The fourth-order valence-corrected chi connectivity index (χ4v) is 4.87. The standard InChI is InChI=1S/C27H25ClN2O3/c1-32-24-12-9-17(15-25(24)33-2)27-26-22(29-20-5-3-4-6-21(20)30-27)13-18(14-23(26)31)16-7-10-19(28)11-8-16/h3-12,15,18,27,29-30H,13-14H2,1-2H3/t18-,27-/m0/s1. The van der Waals surface area contributed by atoms with E-state index in [1.165, 1.54) is 0 Å². The van der Waals surface area contributed by atoms with Crippen LogP contribution in [-0.4, -0.2) is 20.0 Å². The summed E-state index contributed by atoms with van der Waals surface area (Å²) in [5.41, 5.74) is 5.68. The van der Waals surface area contributed by atoms with Crippen LogP contribution >= 0.6 is 11.6 Å². The van der Waals surface area contributed by atoms with Gasteiger partial charge in [-0.05, 0) is 59.9 Å². The van der Waals surface area contributed by atoms with Gasteiger partial charge < -0.3 is 20.1 Å². The maximum absolute atomic E-state index is 13.6. The van der Waals surface area contributed by atoms with Gasteiger partial charge >= 0.3 is 0 Å². The van der Waals surface area contributed by atoms with E-state index in [2.05, 4.69) is 10.6 Å². The lowest BCUT2D eigenvalue weighted by Crippen LogP contribution is -2.26. The number of Topliss-reactive ketones (excluding diaryl/α,β-unsaturated/α-hetero) is 1. The first-order valence-corrected chi connectivity index (χ1v) is 11.3. The minimum absolute atomic E-state index is 0.0948. The van der Waals surface area contributed by atoms with Crippen molar-refractivity contribution in [1.29, 1.82) is 0 Å². The molecule has 1 aliphatic carbocycles. The molecule has 5 rings (SSSR count). The molecule has 0 radical (unpaired) electrons. The van der Waals surface area contributed by atoms with Crippen LogP contribution in [0.5, 0.6) is 11.5 Å². The van der Waals surface area contributed by atoms with Gasteiger partial charge in [0.1, 0.15) is 0 Å². The molecule has 0 aromatic heterocycles. The van der Waals surface area contributed by atoms with Gasteiger partial charge in [0.2, 0.25) is 0 Å². The summed E-state index contributed by atoms with van der Waals surface area (Å²) < 4.78 is 10.9. The van der Waals surface area contributed by atoms with Crippen molar-refractivity contribution in [2.75, 3.05) is 24.9 Å². The van der Waals surface area contributed by atoms with Crippen molar-refractivity contribution in [3.63, 3.8) is 0 Å². The van der Waals surface area contributed by atoms with Gasteiger partial charge in [-0.3, -0.25) is 4.79 Å². The molecule has 3 aromatic carbocycles. The van der Waals surface area contributed by atoms with Crippen molar-refractivity contribution in [3.8, 4) is 11.5 Å². The summed E-state index contributed by atoms with van der Waals surface area (Å²) in [7, 11) is 3.23. The van der Waals surface area contributed by atoms with Gasteiger partial charge in [0.25, 0.3) is 0 Å². The van der Waals surface area contributed by atoms with Crippen molar-refractivity contribution in [1.82, 2.24) is 0 Å². The van der Waals surface area contributed by atoms with Crippen LogP contribution in [0.3, 0.4) is 0 Å². The van der Waals surface area contributed by atoms with Crippen molar-refractivity contribution >= 4 is 28.8 Å². The smallest absolute Gasteiger partial charge is 0.163 e. The van der Waals surface area contributed by atoms with Crippen LogP contribution in [0.15, 0.2) is 78.0 Å². The highest BCUT2D eigenvalue weighted by Crippen LogP contribution is 2.45. The summed E-state index contributed by atoms with van der Waals surface area (Å²) in [6.07, 6.45) is 1.19. The molecule has 168 valence electrons. The number of nitrogens with one attached hydrogen (secondary N) is 2. The first-order chi connectivity index (χ1) is 16.1. The number of benzene rings is 3. The number of ether oxygens (including phenoxy) is 2. The second-order valence-corrected chi connectivity index (χ2v) is 8.77. The highest BCUT2D eigenvalue weighted by Gasteiger charge is 2.36. The van der Waals surface area contributed by atoms with Crippen LogP contribution in [0.1, 0.15) is 35.9 Å². The molecule has 0 spiro atoms. The number of hydrogen-bond acceptors (Lipinski definition) is 5. The van der Waals surface area contributed by atoms with Gasteiger partial charge in [-0.1, -0.05) is 41.9 Å². The van der Waals surface area contributed by atoms with E-state index in [0.29, 0.717) is 22.9 Å². The third kappa shape index (κ3) is 4.05. The molecule has 0 fully saturated rings. The summed E-state index contributed by atoms with van der Waals surface area (Å²) in [6, 6.07) is 21.3. The molecule has 5 nitrogen and oxygen atoms in total. The molecule has 0 saturated carbocycles. The van der Waals surface area contributed by atoms with E-state index in [-0.39, 0.29) is 17.7 Å². The van der Waals surface area contributed by atoms with Crippen LogP contribution in [0, 0.1) is 0 Å². The second kappa shape index (κ2) is 8.83. The summed E-state index contributed by atoms with van der Waals surface area (Å²) in [5, 5.41) is 7.86. The Morgan fingerprint density at radius 1 is 0.848 bits per heavy atom. The van der Waals surface area contributed by atoms with E-state index < -0.39 is 0 Å². The van der Waals surface area contributed by atoms with Gasteiger partial charge in [-0.2, -0.15) is 0 Å². The lowest BCUT2D eigenvalue weighted by molar-refractivity contribution is -0.116. The van der Waals surface area contributed by atoms with E-state index in [9.17, 15) is 4.79 Å². The minimum Gasteiger partial charge on any atom is -0.493 e. The fraction of sp³-hybridized carbons (Fsp3) is 0.222. The molecule has 6 heteroatoms. The van der Waals surface area contributed by atoms with E-state index >= 15 is 0 Å². The molecule has 0 amide bonds. The highest BCUT2D eigenvalue weighted by molar-refractivity contribution is 6.30. The van der Waals surface area contributed by atoms with Crippen LogP contribution in [0.25, 0.3) is 0 Å². The van der Waals surface area contributed by atoms with Crippen LogP contribution in [-0.2, 0) is 4.79 Å². The fourth-order valence-electron chi connectivity index (χ4n) is 4.75. The SMILES string of the molecule is COc1ccc([C@@H]2Nc3ccccc3NC3=C2C(=O)C[C@@H](c2ccc(Cl)cc2)C3)cc1OC. The van der Waals surface area contributed by atoms with Gasteiger partial charge in [-0.25, -0.2) is 0 Å². The largest absolute Gasteiger partial charge is 0.493 e. The molecule has 0 bridgehead atoms. The zero-order valence-electron chi connectivity index (χ0n) is 18.5. The van der Waals surface area contributed by atoms with Crippen LogP contribution in [0.2, 0.25) is 5.02 Å². The first kappa shape index (κ1) is 21.4. The Hall–Kier alpha value is -3.44. The third-order valence-corrected chi connectivity index (χ3v) is 6.64. The normalized spacial score (nSPS) is 19.5. The molecule has 2 atom stereocenters. The number of ketones is 1. The Bertz CT molecular complexity index is 1240. The van der Waals surface area contributed by atoms with Crippen molar-refractivity contribution in [2.24, 2.45) is 0 Å². The summed E-state index contributed by atoms with van der Waals surface area (Å²) in [6.45, 7) is 0.